The number of benzene rings is 2. The Bertz CT molecular complexity index is 1220. The molecule has 1 fully saturated rings. The largest absolute Gasteiger partial charge is 0.506 e. The summed E-state index contributed by atoms with van der Waals surface area (Å²) >= 11 is 1.38. The molecule has 5 nitrogen and oxygen atoms in total. The van der Waals surface area contributed by atoms with Crippen LogP contribution < -0.4 is 15.4 Å². The van der Waals surface area contributed by atoms with Gasteiger partial charge in [0.25, 0.3) is 0 Å². The van der Waals surface area contributed by atoms with Gasteiger partial charge in [-0.3, -0.25) is 4.72 Å². The lowest BCUT2D eigenvalue weighted by molar-refractivity contribution is -0.140. The molecule has 1 aromatic heterocycles. The highest BCUT2D eigenvalue weighted by Crippen LogP contribution is 2.32. The number of alkyl halides is 3. The van der Waals surface area contributed by atoms with Gasteiger partial charge in [0.1, 0.15) is 12.3 Å². The highest BCUT2D eigenvalue weighted by molar-refractivity contribution is 7.97. The van der Waals surface area contributed by atoms with Gasteiger partial charge in [-0.25, -0.2) is 0 Å². The second kappa shape index (κ2) is 11.2. The number of halogens is 3. The Morgan fingerprint density at radius 2 is 1.89 bits per heavy atom. The number of hydrogen-bond acceptors (Lipinski definition) is 5. The van der Waals surface area contributed by atoms with E-state index in [1.807, 2.05) is 12.1 Å². The maximum atomic E-state index is 13.4. The number of aromatic hydroxyl groups is 1. The molecule has 9 heteroatoms. The second-order valence-corrected chi connectivity index (χ2v) is 9.67. The Morgan fingerprint density at radius 1 is 1.09 bits per heavy atom. The first-order valence-corrected chi connectivity index (χ1v) is 12.5. The summed E-state index contributed by atoms with van der Waals surface area (Å²) in [6.07, 6.45) is 1.33. The molecule has 0 radical (unpaired) electrons. The van der Waals surface area contributed by atoms with E-state index in [4.69, 9.17) is 0 Å². The molecule has 0 saturated heterocycles. The number of hydrogen-bond donors (Lipinski definition) is 4. The smallest absolute Gasteiger partial charge is 0.406 e. The molecule has 0 bridgehead atoms. The van der Waals surface area contributed by atoms with Crippen molar-refractivity contribution in [2.45, 2.75) is 55.8 Å². The molecule has 4 N–H and O–H groups in total. The third-order valence-corrected chi connectivity index (χ3v) is 6.71. The van der Waals surface area contributed by atoms with Crippen molar-refractivity contribution in [2.24, 2.45) is 0 Å². The zero-order valence-electron chi connectivity index (χ0n) is 19.5. The molecule has 1 aliphatic rings. The van der Waals surface area contributed by atoms with Gasteiger partial charge in [-0.05, 0) is 74.2 Å². The van der Waals surface area contributed by atoms with E-state index in [0.29, 0.717) is 22.9 Å². The summed E-state index contributed by atoms with van der Waals surface area (Å²) in [6, 6.07) is 12.7. The Hall–Kier alpha value is -2.96. The Balaban J connectivity index is 1.57. The lowest BCUT2D eigenvalue weighted by Gasteiger charge is -2.24. The van der Waals surface area contributed by atoms with Crippen LogP contribution in [0.4, 0.5) is 24.5 Å². The van der Waals surface area contributed by atoms with E-state index in [-0.39, 0.29) is 12.3 Å². The molecule has 0 spiro atoms. The SMILES string of the molecule is CNSc1ccc(NCC#Cc2cc3c(NC4CCCCC4)cccc3n2CC(F)(F)F)c(O)c1. The van der Waals surface area contributed by atoms with E-state index < -0.39 is 12.7 Å². The molecular formula is C26H29F3N4OS. The lowest BCUT2D eigenvalue weighted by atomic mass is 9.95. The van der Waals surface area contributed by atoms with Crippen LogP contribution in [0.25, 0.3) is 10.9 Å². The van der Waals surface area contributed by atoms with E-state index in [2.05, 4.69) is 27.2 Å². The predicted octanol–water partition coefficient (Wildman–Crippen LogP) is 6.34. The van der Waals surface area contributed by atoms with Crippen LogP contribution in [0.2, 0.25) is 0 Å². The van der Waals surface area contributed by atoms with Crippen LogP contribution in [0.3, 0.4) is 0 Å². The fourth-order valence-electron chi connectivity index (χ4n) is 4.45. The third-order valence-electron chi connectivity index (χ3n) is 6.02. The standard InChI is InChI=1S/C26H29F3N4OS/c1-30-35-20-12-13-23(25(34)16-20)31-14-6-9-19-15-21-22(32-18-7-3-2-4-8-18)10-5-11-24(21)33(19)17-26(27,28)29/h5,10-13,15-16,18,30-32,34H,2-4,7-8,14,17H2,1H3. The predicted molar refractivity (Wildman–Crippen MR) is 137 cm³/mol. The van der Waals surface area contributed by atoms with E-state index in [0.717, 1.165) is 28.8 Å². The molecule has 0 unspecified atom stereocenters. The summed E-state index contributed by atoms with van der Waals surface area (Å²) in [7, 11) is 1.79. The van der Waals surface area contributed by atoms with E-state index in [1.54, 1.807) is 37.4 Å². The van der Waals surface area contributed by atoms with Gasteiger partial charge in [0, 0.05) is 22.0 Å². The molecule has 186 valence electrons. The summed E-state index contributed by atoms with van der Waals surface area (Å²) in [6.45, 7) is -0.932. The van der Waals surface area contributed by atoms with E-state index in [1.165, 1.54) is 35.8 Å². The van der Waals surface area contributed by atoms with Crippen LogP contribution in [0.15, 0.2) is 47.4 Å². The number of phenolic OH excluding ortho intramolecular Hbond substituents is 1. The number of phenols is 1. The van der Waals surface area contributed by atoms with Crippen molar-refractivity contribution in [3.63, 3.8) is 0 Å². The molecular weight excluding hydrogens is 473 g/mol. The minimum absolute atomic E-state index is 0.0802. The van der Waals surface area contributed by atoms with Gasteiger partial charge >= 0.3 is 6.18 Å². The molecule has 0 amide bonds. The Morgan fingerprint density at radius 3 is 2.60 bits per heavy atom. The first-order valence-electron chi connectivity index (χ1n) is 11.7. The molecule has 3 aromatic rings. The molecule has 35 heavy (non-hydrogen) atoms. The maximum Gasteiger partial charge on any atom is 0.406 e. The summed E-state index contributed by atoms with van der Waals surface area (Å²) in [5.74, 6) is 5.89. The fourth-order valence-corrected chi connectivity index (χ4v) is 4.99. The molecule has 1 heterocycles. The number of nitrogens with one attached hydrogen (secondary N) is 3. The van der Waals surface area contributed by atoms with Gasteiger partial charge in [0.2, 0.25) is 0 Å². The third kappa shape index (κ3) is 6.59. The number of fused-ring (bicyclic) bond motifs is 1. The number of nitrogens with zero attached hydrogens (tertiary/aromatic N) is 1. The molecule has 1 saturated carbocycles. The highest BCUT2D eigenvalue weighted by Gasteiger charge is 2.30. The quantitative estimate of drug-likeness (QED) is 0.172. The van der Waals surface area contributed by atoms with Gasteiger partial charge in [0.15, 0.2) is 0 Å². The van der Waals surface area contributed by atoms with Crippen LogP contribution >= 0.6 is 11.9 Å². The van der Waals surface area contributed by atoms with Gasteiger partial charge < -0.3 is 20.3 Å². The molecule has 0 atom stereocenters. The van der Waals surface area contributed by atoms with Crippen LogP contribution in [0.5, 0.6) is 5.75 Å². The van der Waals surface area contributed by atoms with Crippen molar-refractivity contribution in [3.05, 3.63) is 48.2 Å². The molecule has 2 aromatic carbocycles. The summed E-state index contributed by atoms with van der Waals surface area (Å²) < 4.78 is 44.4. The van der Waals surface area contributed by atoms with Crippen molar-refractivity contribution in [1.82, 2.24) is 9.29 Å². The molecule has 1 aliphatic carbocycles. The maximum absolute atomic E-state index is 13.4. The normalized spacial score (nSPS) is 14.5. The summed E-state index contributed by atoms with van der Waals surface area (Å²) in [4.78, 5) is 0.857. The average Bonchev–Trinajstić information content (AvgIpc) is 3.15. The number of aromatic nitrogens is 1. The molecule has 0 aliphatic heterocycles. The first kappa shape index (κ1) is 25.1. The Kier molecular flexibility index (Phi) is 8.04. The summed E-state index contributed by atoms with van der Waals surface area (Å²) in [5.41, 5.74) is 2.17. The number of rotatable bonds is 7. The van der Waals surface area contributed by atoms with Gasteiger partial charge in [-0.15, -0.1) is 0 Å². The highest BCUT2D eigenvalue weighted by atomic mass is 32.2. The monoisotopic (exact) mass is 502 g/mol. The first-order chi connectivity index (χ1) is 16.8. The fraction of sp³-hybridized carbons (Fsp3) is 0.385. The van der Waals surface area contributed by atoms with Crippen molar-refractivity contribution >= 4 is 34.2 Å². The molecule has 4 rings (SSSR count). The zero-order valence-corrected chi connectivity index (χ0v) is 20.3. The minimum Gasteiger partial charge on any atom is -0.506 e. The van der Waals surface area contributed by atoms with E-state index >= 15 is 0 Å². The van der Waals surface area contributed by atoms with Crippen molar-refractivity contribution in [3.8, 4) is 17.6 Å². The van der Waals surface area contributed by atoms with Crippen LogP contribution in [0.1, 0.15) is 37.8 Å². The van der Waals surface area contributed by atoms with Crippen molar-refractivity contribution in [2.75, 3.05) is 24.2 Å². The van der Waals surface area contributed by atoms with Crippen LogP contribution in [-0.4, -0.2) is 35.5 Å². The second-order valence-electron chi connectivity index (χ2n) is 8.59. The van der Waals surface area contributed by atoms with Crippen molar-refractivity contribution in [1.29, 1.82) is 0 Å². The van der Waals surface area contributed by atoms with Gasteiger partial charge in [0.05, 0.1) is 23.4 Å². The topological polar surface area (TPSA) is 61.2 Å². The van der Waals surface area contributed by atoms with Gasteiger partial charge in [-0.1, -0.05) is 31.2 Å². The average molecular weight is 503 g/mol. The van der Waals surface area contributed by atoms with E-state index in [9.17, 15) is 18.3 Å². The minimum atomic E-state index is -4.37. The van der Waals surface area contributed by atoms with Crippen LogP contribution in [0, 0.1) is 11.8 Å². The zero-order chi connectivity index (χ0) is 24.8. The lowest BCUT2D eigenvalue weighted by Crippen LogP contribution is -2.22. The van der Waals surface area contributed by atoms with Gasteiger partial charge in [-0.2, -0.15) is 13.2 Å². The Labute approximate surface area is 207 Å². The number of anilines is 2. The summed E-state index contributed by atoms with van der Waals surface area (Å²) in [5, 5.41) is 17.5. The van der Waals surface area contributed by atoms with Crippen molar-refractivity contribution < 1.29 is 18.3 Å². The van der Waals surface area contributed by atoms with Crippen LogP contribution in [-0.2, 0) is 6.54 Å².